The molecule has 1 aromatic carbocycles. The van der Waals surface area contributed by atoms with Crippen LogP contribution in [0.1, 0.15) is 48.5 Å². The Kier molecular flexibility index (Phi) is 8.75. The molecule has 1 N–H and O–H groups in total. The number of halogens is 1. The first kappa shape index (κ1) is 24.3. The Morgan fingerprint density at radius 2 is 1.97 bits per heavy atom. The van der Waals surface area contributed by atoms with Crippen molar-refractivity contribution in [1.29, 1.82) is 0 Å². The number of carbonyl (C=O) groups is 2. The number of piperidine rings is 1. The average molecular weight is 462 g/mol. The summed E-state index contributed by atoms with van der Waals surface area (Å²) in [5.41, 5.74) is 1.50. The molecule has 0 aliphatic carbocycles. The Labute approximate surface area is 193 Å². The largest absolute Gasteiger partial charge is 0.382 e. The number of ether oxygens (including phenoxy) is 1. The van der Waals surface area contributed by atoms with Gasteiger partial charge in [-0.25, -0.2) is 9.37 Å². The molecule has 8 heteroatoms. The fraction of sp³-hybridized carbons (Fsp3) is 0.542. The zero-order chi connectivity index (χ0) is 23.1. The van der Waals surface area contributed by atoms with Crippen LogP contribution in [0.3, 0.4) is 0 Å². The molecule has 1 aliphatic heterocycles. The first-order valence-electron chi connectivity index (χ1n) is 11.3. The maximum Gasteiger partial charge on any atom is 0.265 e. The van der Waals surface area contributed by atoms with Crippen molar-refractivity contribution < 1.29 is 18.7 Å². The predicted molar refractivity (Wildman–Crippen MR) is 124 cm³/mol. The van der Waals surface area contributed by atoms with Gasteiger partial charge in [0.2, 0.25) is 5.91 Å². The number of thiazole rings is 1. The van der Waals surface area contributed by atoms with Crippen LogP contribution in [0.2, 0.25) is 0 Å². The van der Waals surface area contributed by atoms with Gasteiger partial charge in [-0.3, -0.25) is 9.59 Å². The summed E-state index contributed by atoms with van der Waals surface area (Å²) in [6, 6.07) is 6.15. The molecule has 1 fully saturated rings. The number of nitrogens with zero attached hydrogens (tertiary/aromatic N) is 2. The van der Waals surface area contributed by atoms with Crippen LogP contribution < -0.4 is 5.32 Å². The second-order valence-corrected chi connectivity index (χ2v) is 9.20. The van der Waals surface area contributed by atoms with Crippen molar-refractivity contribution in [3.05, 3.63) is 40.7 Å². The lowest BCUT2D eigenvalue weighted by Gasteiger charge is -2.34. The summed E-state index contributed by atoms with van der Waals surface area (Å²) in [6.07, 6.45) is 2.43. The molecule has 2 amide bonds. The van der Waals surface area contributed by atoms with Crippen LogP contribution in [0.4, 0.5) is 4.39 Å². The number of hydrogen-bond donors (Lipinski definition) is 1. The van der Waals surface area contributed by atoms with Gasteiger partial charge in [-0.2, -0.15) is 0 Å². The lowest BCUT2D eigenvalue weighted by molar-refractivity contribution is -0.126. The summed E-state index contributed by atoms with van der Waals surface area (Å²) in [7, 11) is 0. The summed E-state index contributed by atoms with van der Waals surface area (Å²) >= 11 is 1.35. The number of hydrogen-bond acceptors (Lipinski definition) is 5. The summed E-state index contributed by atoms with van der Waals surface area (Å²) in [5.74, 6) is -0.0409. The van der Waals surface area contributed by atoms with Gasteiger partial charge in [0.1, 0.15) is 15.7 Å². The maximum atomic E-state index is 13.2. The van der Waals surface area contributed by atoms with Crippen molar-refractivity contribution in [3.8, 4) is 10.6 Å². The SMILES string of the molecule is CCOCCCNC(=O)C(C)C1CCN(C(=O)c2sc(-c3ccc(F)cc3)nc2C)CC1. The second kappa shape index (κ2) is 11.5. The van der Waals surface area contributed by atoms with Crippen LogP contribution in [-0.4, -0.2) is 54.5 Å². The maximum absolute atomic E-state index is 13.2. The van der Waals surface area contributed by atoms with Gasteiger partial charge in [0.25, 0.3) is 5.91 Å². The number of nitrogens with one attached hydrogen (secondary N) is 1. The lowest BCUT2D eigenvalue weighted by atomic mass is 9.84. The third-order valence-electron chi connectivity index (χ3n) is 6.00. The van der Waals surface area contributed by atoms with Gasteiger partial charge < -0.3 is 15.0 Å². The third-order valence-corrected chi connectivity index (χ3v) is 7.19. The van der Waals surface area contributed by atoms with Gasteiger partial charge in [0.15, 0.2) is 0 Å². The lowest BCUT2D eigenvalue weighted by Crippen LogP contribution is -2.42. The number of aryl methyl sites for hydroxylation is 1. The van der Waals surface area contributed by atoms with E-state index in [1.807, 2.05) is 25.7 Å². The number of carbonyl (C=O) groups excluding carboxylic acids is 2. The molecule has 0 radical (unpaired) electrons. The zero-order valence-corrected chi connectivity index (χ0v) is 19.8. The standard InChI is InChI=1S/C24H32FN3O3S/c1-4-31-15-5-12-26-22(29)16(2)18-10-13-28(14-11-18)24(30)21-17(3)27-23(32-21)19-6-8-20(25)9-7-19/h6-9,16,18H,4-5,10-15H2,1-3H3,(H,26,29). The van der Waals surface area contributed by atoms with Gasteiger partial charge in [-0.1, -0.05) is 6.92 Å². The monoisotopic (exact) mass is 461 g/mol. The molecule has 0 bridgehead atoms. The van der Waals surface area contributed by atoms with Crippen molar-refractivity contribution in [1.82, 2.24) is 15.2 Å². The van der Waals surface area contributed by atoms with E-state index in [9.17, 15) is 14.0 Å². The molecule has 0 saturated carbocycles. The van der Waals surface area contributed by atoms with Crippen LogP contribution in [0.15, 0.2) is 24.3 Å². The normalized spacial score (nSPS) is 15.6. The number of benzene rings is 1. The molecular formula is C24H32FN3O3S. The fourth-order valence-corrected chi connectivity index (χ4v) is 5.00. The highest BCUT2D eigenvalue weighted by molar-refractivity contribution is 7.17. The summed E-state index contributed by atoms with van der Waals surface area (Å²) in [4.78, 5) is 32.6. The smallest absolute Gasteiger partial charge is 0.265 e. The molecule has 1 unspecified atom stereocenters. The van der Waals surface area contributed by atoms with E-state index < -0.39 is 0 Å². The summed E-state index contributed by atoms with van der Waals surface area (Å²) < 4.78 is 18.5. The molecule has 0 spiro atoms. The molecule has 174 valence electrons. The molecule has 1 saturated heterocycles. The average Bonchev–Trinajstić information content (AvgIpc) is 3.20. The molecule has 1 aromatic heterocycles. The molecule has 2 heterocycles. The number of rotatable bonds is 9. The minimum atomic E-state index is -0.297. The van der Waals surface area contributed by atoms with E-state index in [0.29, 0.717) is 43.4 Å². The molecule has 32 heavy (non-hydrogen) atoms. The van der Waals surface area contributed by atoms with Gasteiger partial charge in [-0.05, 0) is 63.3 Å². The molecule has 6 nitrogen and oxygen atoms in total. The van der Waals surface area contributed by atoms with Crippen LogP contribution >= 0.6 is 11.3 Å². The van der Waals surface area contributed by atoms with E-state index in [0.717, 1.165) is 29.8 Å². The number of amides is 2. The number of likely N-dealkylation sites (tertiary alicyclic amines) is 1. The third kappa shape index (κ3) is 6.13. The molecule has 2 aromatic rings. The van der Waals surface area contributed by atoms with E-state index in [-0.39, 0.29) is 29.5 Å². The van der Waals surface area contributed by atoms with Crippen LogP contribution in [-0.2, 0) is 9.53 Å². The van der Waals surface area contributed by atoms with E-state index >= 15 is 0 Å². The highest BCUT2D eigenvalue weighted by atomic mass is 32.1. The Balaban J connectivity index is 1.52. The first-order chi connectivity index (χ1) is 15.4. The molecule has 1 atom stereocenters. The zero-order valence-electron chi connectivity index (χ0n) is 19.0. The Morgan fingerprint density at radius 3 is 2.62 bits per heavy atom. The van der Waals surface area contributed by atoms with E-state index in [1.165, 1.54) is 23.5 Å². The van der Waals surface area contributed by atoms with E-state index in [2.05, 4.69) is 10.3 Å². The van der Waals surface area contributed by atoms with Crippen LogP contribution in [0, 0.1) is 24.6 Å². The topological polar surface area (TPSA) is 71.5 Å². The second-order valence-electron chi connectivity index (χ2n) is 8.20. The highest BCUT2D eigenvalue weighted by Crippen LogP contribution is 2.31. The molecular weight excluding hydrogens is 429 g/mol. The van der Waals surface area contributed by atoms with Crippen molar-refractivity contribution in [2.24, 2.45) is 11.8 Å². The van der Waals surface area contributed by atoms with Gasteiger partial charge in [0, 0.05) is 44.3 Å². The summed E-state index contributed by atoms with van der Waals surface area (Å²) in [6.45, 7) is 9.01. The van der Waals surface area contributed by atoms with Gasteiger partial charge in [0.05, 0.1) is 5.69 Å². The first-order valence-corrected chi connectivity index (χ1v) is 12.1. The van der Waals surface area contributed by atoms with Crippen LogP contribution in [0.25, 0.3) is 10.6 Å². The number of aromatic nitrogens is 1. The highest BCUT2D eigenvalue weighted by Gasteiger charge is 2.31. The Morgan fingerprint density at radius 1 is 1.28 bits per heavy atom. The van der Waals surface area contributed by atoms with Gasteiger partial charge >= 0.3 is 0 Å². The van der Waals surface area contributed by atoms with Crippen LogP contribution in [0.5, 0.6) is 0 Å². The molecule has 3 rings (SSSR count). The summed E-state index contributed by atoms with van der Waals surface area (Å²) in [5, 5.41) is 3.72. The van der Waals surface area contributed by atoms with Crippen molar-refractivity contribution in [3.63, 3.8) is 0 Å². The minimum absolute atomic E-state index is 0.0140. The van der Waals surface area contributed by atoms with E-state index in [1.54, 1.807) is 12.1 Å². The fourth-order valence-electron chi connectivity index (χ4n) is 3.96. The van der Waals surface area contributed by atoms with Crippen molar-refractivity contribution >= 4 is 23.2 Å². The molecule has 1 aliphatic rings. The van der Waals surface area contributed by atoms with E-state index in [4.69, 9.17) is 4.74 Å². The van der Waals surface area contributed by atoms with Crippen molar-refractivity contribution in [2.75, 3.05) is 32.8 Å². The van der Waals surface area contributed by atoms with Gasteiger partial charge in [-0.15, -0.1) is 11.3 Å². The Hall–Kier alpha value is -2.32. The minimum Gasteiger partial charge on any atom is -0.382 e. The quantitative estimate of drug-likeness (QED) is 0.566. The van der Waals surface area contributed by atoms with Crippen molar-refractivity contribution in [2.45, 2.75) is 40.0 Å². The Bertz CT molecular complexity index is 908. The predicted octanol–water partition coefficient (Wildman–Crippen LogP) is 4.29.